The van der Waals surface area contributed by atoms with E-state index in [1.807, 2.05) is 31.1 Å². The quantitative estimate of drug-likeness (QED) is 0.783. The molecule has 0 saturated carbocycles. The number of Topliss-reactive ketones (excluding diaryl/α,β-unsaturated/α-hetero) is 1. The molecule has 0 aromatic heterocycles. The van der Waals surface area contributed by atoms with Gasteiger partial charge in [0.1, 0.15) is 0 Å². The van der Waals surface area contributed by atoms with Crippen LogP contribution in [0.2, 0.25) is 0 Å². The molecule has 86 valence electrons. The molecule has 0 heterocycles. The van der Waals surface area contributed by atoms with E-state index in [1.165, 1.54) is 0 Å². The van der Waals surface area contributed by atoms with Crippen LogP contribution in [-0.4, -0.2) is 31.0 Å². The molecule has 1 unspecified atom stereocenters. The van der Waals surface area contributed by atoms with Gasteiger partial charge in [0.25, 0.3) is 0 Å². The van der Waals surface area contributed by atoms with Gasteiger partial charge < -0.3 is 10.0 Å². The van der Waals surface area contributed by atoms with Gasteiger partial charge in [0.15, 0.2) is 0 Å². The molecule has 0 aliphatic rings. The smallest absolute Gasteiger partial charge is 0.372 e. The highest BCUT2D eigenvalue weighted by Gasteiger charge is 2.21. The molecular formula is C12H15NO3. The maximum Gasteiger partial charge on any atom is 0.372 e. The van der Waals surface area contributed by atoms with Gasteiger partial charge in [-0.1, -0.05) is 19.1 Å². The van der Waals surface area contributed by atoms with E-state index in [0.29, 0.717) is 0 Å². The molecule has 1 atom stereocenters. The van der Waals surface area contributed by atoms with Gasteiger partial charge in [-0.15, -0.1) is 0 Å². The third-order valence-corrected chi connectivity index (χ3v) is 2.51. The number of aliphatic carboxylic acids is 1. The number of carboxylic acids is 1. The number of hydrogen-bond acceptors (Lipinski definition) is 3. The highest BCUT2D eigenvalue weighted by Crippen LogP contribution is 2.20. The predicted octanol–water partition coefficient (Wildman–Crippen LogP) is 1.51. The summed E-state index contributed by atoms with van der Waals surface area (Å²) in [6.45, 7) is 1.60. The van der Waals surface area contributed by atoms with Crippen LogP contribution in [0.1, 0.15) is 18.4 Å². The van der Waals surface area contributed by atoms with Crippen molar-refractivity contribution in [3.63, 3.8) is 0 Å². The summed E-state index contributed by atoms with van der Waals surface area (Å²) in [6, 6.07) is 7.28. The molecule has 0 saturated heterocycles. The average Bonchev–Trinajstić information content (AvgIpc) is 2.27. The number of carboxylic acid groups (broad SMARTS) is 1. The molecule has 4 nitrogen and oxygen atoms in total. The van der Waals surface area contributed by atoms with E-state index in [-0.39, 0.29) is 0 Å². The Morgan fingerprint density at radius 1 is 1.19 bits per heavy atom. The van der Waals surface area contributed by atoms with Crippen molar-refractivity contribution in [3.05, 3.63) is 29.8 Å². The van der Waals surface area contributed by atoms with E-state index < -0.39 is 17.7 Å². The summed E-state index contributed by atoms with van der Waals surface area (Å²) in [6.07, 6.45) is 0. The number of hydrogen-bond donors (Lipinski definition) is 1. The van der Waals surface area contributed by atoms with Crippen LogP contribution < -0.4 is 4.90 Å². The summed E-state index contributed by atoms with van der Waals surface area (Å²) in [5, 5.41) is 8.60. The molecule has 0 bridgehead atoms. The first kappa shape index (κ1) is 12.2. The van der Waals surface area contributed by atoms with Crippen molar-refractivity contribution in [2.45, 2.75) is 12.8 Å². The van der Waals surface area contributed by atoms with E-state index in [2.05, 4.69) is 0 Å². The molecule has 1 aromatic carbocycles. The topological polar surface area (TPSA) is 57.6 Å². The van der Waals surface area contributed by atoms with Gasteiger partial charge in [0.2, 0.25) is 5.78 Å². The number of anilines is 1. The fourth-order valence-electron chi connectivity index (χ4n) is 1.40. The molecule has 1 aromatic rings. The predicted molar refractivity (Wildman–Crippen MR) is 61.8 cm³/mol. The molecule has 0 fully saturated rings. The molecule has 0 spiro atoms. The molecule has 1 N–H and O–H groups in total. The maximum atomic E-state index is 11.3. The lowest BCUT2D eigenvalue weighted by molar-refractivity contribution is -0.149. The van der Waals surface area contributed by atoms with Crippen LogP contribution in [0.25, 0.3) is 0 Å². The summed E-state index contributed by atoms with van der Waals surface area (Å²) in [5.74, 6) is -2.77. The largest absolute Gasteiger partial charge is 0.475 e. The van der Waals surface area contributed by atoms with Crippen LogP contribution in [0.3, 0.4) is 0 Å². The highest BCUT2D eigenvalue weighted by molar-refractivity contribution is 6.34. The Labute approximate surface area is 94.5 Å². The van der Waals surface area contributed by atoms with Crippen molar-refractivity contribution in [2.75, 3.05) is 19.0 Å². The normalized spacial score (nSPS) is 11.9. The highest BCUT2D eigenvalue weighted by atomic mass is 16.4. The van der Waals surface area contributed by atoms with Gasteiger partial charge in [-0.25, -0.2) is 4.79 Å². The van der Waals surface area contributed by atoms with E-state index in [1.54, 1.807) is 19.1 Å². The Bertz CT molecular complexity index is 395. The van der Waals surface area contributed by atoms with Crippen LogP contribution in [0.4, 0.5) is 5.69 Å². The second kappa shape index (κ2) is 4.79. The van der Waals surface area contributed by atoms with Crippen molar-refractivity contribution in [1.82, 2.24) is 0 Å². The summed E-state index contributed by atoms with van der Waals surface area (Å²) in [4.78, 5) is 23.7. The fraction of sp³-hybridized carbons (Fsp3) is 0.333. The second-order valence-electron chi connectivity index (χ2n) is 3.88. The van der Waals surface area contributed by atoms with Crippen molar-refractivity contribution in [1.29, 1.82) is 0 Å². The number of rotatable bonds is 4. The molecular weight excluding hydrogens is 206 g/mol. The molecule has 0 radical (unpaired) electrons. The number of carbonyl (C=O) groups is 2. The number of carbonyl (C=O) groups excluding carboxylic acids is 1. The Morgan fingerprint density at radius 3 is 2.06 bits per heavy atom. The van der Waals surface area contributed by atoms with Crippen LogP contribution in [0, 0.1) is 0 Å². The van der Waals surface area contributed by atoms with Crippen LogP contribution >= 0.6 is 0 Å². The van der Waals surface area contributed by atoms with E-state index >= 15 is 0 Å². The fourth-order valence-corrected chi connectivity index (χ4v) is 1.40. The zero-order valence-electron chi connectivity index (χ0n) is 9.60. The third kappa shape index (κ3) is 2.59. The summed E-state index contributed by atoms with van der Waals surface area (Å²) in [7, 11) is 3.83. The van der Waals surface area contributed by atoms with Crippen molar-refractivity contribution in [2.24, 2.45) is 0 Å². The van der Waals surface area contributed by atoms with Crippen molar-refractivity contribution >= 4 is 17.4 Å². The lowest BCUT2D eigenvalue weighted by Gasteiger charge is -2.14. The van der Waals surface area contributed by atoms with Crippen molar-refractivity contribution < 1.29 is 14.7 Å². The SMILES string of the molecule is CC(C(=O)C(=O)O)c1ccc(N(C)C)cc1. The Hall–Kier alpha value is -1.84. The summed E-state index contributed by atoms with van der Waals surface area (Å²) < 4.78 is 0. The maximum absolute atomic E-state index is 11.3. The lowest BCUT2D eigenvalue weighted by atomic mass is 9.96. The molecule has 4 heteroatoms. The third-order valence-electron chi connectivity index (χ3n) is 2.51. The first-order valence-corrected chi connectivity index (χ1v) is 4.98. The number of ketones is 1. The summed E-state index contributed by atoms with van der Waals surface area (Å²) in [5.41, 5.74) is 1.73. The van der Waals surface area contributed by atoms with Crippen LogP contribution in [0.5, 0.6) is 0 Å². The first-order valence-electron chi connectivity index (χ1n) is 4.98. The molecule has 0 aliphatic carbocycles. The van der Waals surface area contributed by atoms with E-state index in [9.17, 15) is 9.59 Å². The lowest BCUT2D eigenvalue weighted by Crippen LogP contribution is -2.19. The van der Waals surface area contributed by atoms with E-state index in [4.69, 9.17) is 5.11 Å². The van der Waals surface area contributed by atoms with Crippen LogP contribution in [0.15, 0.2) is 24.3 Å². The summed E-state index contributed by atoms with van der Waals surface area (Å²) >= 11 is 0. The minimum atomic E-state index is -1.39. The van der Waals surface area contributed by atoms with Gasteiger partial charge in [-0.2, -0.15) is 0 Å². The standard InChI is InChI=1S/C12H15NO3/c1-8(11(14)12(15)16)9-4-6-10(7-5-9)13(2)3/h4-8H,1-3H3,(H,15,16). The zero-order valence-corrected chi connectivity index (χ0v) is 9.60. The average molecular weight is 221 g/mol. The Kier molecular flexibility index (Phi) is 3.66. The second-order valence-corrected chi connectivity index (χ2v) is 3.88. The molecule has 16 heavy (non-hydrogen) atoms. The van der Waals surface area contributed by atoms with Gasteiger partial charge in [0.05, 0.1) is 5.92 Å². The Balaban J connectivity index is 2.89. The van der Waals surface area contributed by atoms with Gasteiger partial charge >= 0.3 is 5.97 Å². The molecule has 0 aliphatic heterocycles. The number of benzene rings is 1. The Morgan fingerprint density at radius 2 is 1.69 bits per heavy atom. The first-order chi connectivity index (χ1) is 7.43. The monoisotopic (exact) mass is 221 g/mol. The molecule has 0 amide bonds. The van der Waals surface area contributed by atoms with E-state index in [0.717, 1.165) is 11.3 Å². The van der Waals surface area contributed by atoms with Gasteiger partial charge in [-0.3, -0.25) is 4.79 Å². The minimum Gasteiger partial charge on any atom is -0.475 e. The van der Waals surface area contributed by atoms with Crippen LogP contribution in [-0.2, 0) is 9.59 Å². The number of nitrogens with zero attached hydrogens (tertiary/aromatic N) is 1. The minimum absolute atomic E-state index is 0.603. The van der Waals surface area contributed by atoms with Gasteiger partial charge in [0, 0.05) is 19.8 Å². The molecule has 1 rings (SSSR count). The van der Waals surface area contributed by atoms with Crippen molar-refractivity contribution in [3.8, 4) is 0 Å². The van der Waals surface area contributed by atoms with Gasteiger partial charge in [-0.05, 0) is 17.7 Å². The zero-order chi connectivity index (χ0) is 12.3.